The Bertz CT molecular complexity index is 840. The molecule has 0 aromatic heterocycles. The summed E-state index contributed by atoms with van der Waals surface area (Å²) in [6, 6.07) is 6.14. The standard InChI is InChI=1S/C15H8Cl7NO3/c16-5-1-3-6(4-2-5)23-11(24)7-8(12(25)26)14(20)10(18)9(17)13(7,19)15(14,21)22/h1-4,7-8H,(H,23,24)(H,25,26)/t7-,8-,13+,14+/m1/s1. The van der Waals surface area contributed by atoms with E-state index in [-0.39, 0.29) is 10.1 Å². The fraction of sp³-hybridized carbons (Fsp3) is 0.333. The van der Waals surface area contributed by atoms with E-state index in [4.69, 9.17) is 81.2 Å². The molecule has 4 nitrogen and oxygen atoms in total. The van der Waals surface area contributed by atoms with Crippen LogP contribution in [0.5, 0.6) is 0 Å². The fourth-order valence-corrected chi connectivity index (χ4v) is 6.44. The third kappa shape index (κ3) is 2.43. The van der Waals surface area contributed by atoms with Crippen LogP contribution < -0.4 is 5.32 Å². The summed E-state index contributed by atoms with van der Waals surface area (Å²) in [5, 5.41) is 12.2. The zero-order chi connectivity index (χ0) is 19.7. The van der Waals surface area contributed by atoms with Crippen molar-refractivity contribution in [1.29, 1.82) is 0 Å². The van der Waals surface area contributed by atoms with Gasteiger partial charge in [-0.15, -0.1) is 23.2 Å². The SMILES string of the molecule is O=C(O)[C@H]1[C@H](C(=O)Nc2ccc(Cl)cc2)[C@]2(Cl)C(Cl)=C(Cl)[C@]1(Cl)C2(Cl)Cl. The number of carboxylic acid groups (broad SMARTS) is 1. The Hall–Kier alpha value is -0.0700. The van der Waals surface area contributed by atoms with E-state index in [1.807, 2.05) is 0 Å². The van der Waals surface area contributed by atoms with Crippen LogP contribution in [0.25, 0.3) is 0 Å². The van der Waals surface area contributed by atoms with E-state index < -0.39 is 37.8 Å². The van der Waals surface area contributed by atoms with E-state index in [1.54, 1.807) is 12.1 Å². The second kappa shape index (κ2) is 6.48. The van der Waals surface area contributed by atoms with Gasteiger partial charge in [-0.25, -0.2) is 0 Å². The number of benzene rings is 1. The third-order valence-electron chi connectivity index (χ3n) is 4.60. The first-order valence-electron chi connectivity index (χ1n) is 7.01. The number of carbonyl (C=O) groups is 2. The molecule has 0 radical (unpaired) electrons. The van der Waals surface area contributed by atoms with E-state index in [0.717, 1.165) is 0 Å². The molecule has 2 aliphatic rings. The number of alkyl halides is 4. The number of fused-ring (bicyclic) bond motifs is 2. The molecule has 26 heavy (non-hydrogen) atoms. The molecule has 3 rings (SSSR count). The van der Waals surface area contributed by atoms with Gasteiger partial charge < -0.3 is 10.4 Å². The highest BCUT2D eigenvalue weighted by molar-refractivity contribution is 6.66. The highest BCUT2D eigenvalue weighted by Crippen LogP contribution is 2.76. The van der Waals surface area contributed by atoms with Crippen LogP contribution in [-0.2, 0) is 9.59 Å². The van der Waals surface area contributed by atoms with Gasteiger partial charge in [-0.1, -0.05) is 58.0 Å². The predicted octanol–water partition coefficient (Wildman–Crippen LogP) is 5.44. The molecule has 4 atom stereocenters. The van der Waals surface area contributed by atoms with Crippen molar-refractivity contribution in [2.24, 2.45) is 11.8 Å². The maximum Gasteiger partial charge on any atom is 0.309 e. The fourth-order valence-electron chi connectivity index (χ4n) is 3.38. The first-order chi connectivity index (χ1) is 11.9. The summed E-state index contributed by atoms with van der Waals surface area (Å²) in [7, 11) is 0. The van der Waals surface area contributed by atoms with Crippen LogP contribution in [0.2, 0.25) is 5.02 Å². The van der Waals surface area contributed by atoms with Crippen molar-refractivity contribution < 1.29 is 14.7 Å². The molecule has 0 saturated heterocycles. The minimum Gasteiger partial charge on any atom is -0.481 e. The lowest BCUT2D eigenvalue weighted by atomic mass is 9.81. The zero-order valence-corrected chi connectivity index (χ0v) is 17.7. The number of allylic oxidation sites excluding steroid dienone is 2. The molecule has 0 unspecified atom stereocenters. The lowest BCUT2D eigenvalue weighted by Crippen LogP contribution is -2.47. The number of aliphatic carboxylic acids is 1. The highest BCUT2D eigenvalue weighted by atomic mass is 35.5. The number of rotatable bonds is 3. The first kappa shape index (κ1) is 20.7. The Kier molecular flexibility index (Phi) is 5.15. The summed E-state index contributed by atoms with van der Waals surface area (Å²) in [5.41, 5.74) is 0.358. The molecule has 140 valence electrons. The molecule has 0 spiro atoms. The molecule has 1 saturated carbocycles. The molecular formula is C15H8Cl7NO3. The molecule has 1 aromatic carbocycles. The number of anilines is 1. The Morgan fingerprint density at radius 1 is 0.885 bits per heavy atom. The summed E-state index contributed by atoms with van der Waals surface area (Å²) >= 11 is 43.8. The van der Waals surface area contributed by atoms with Crippen LogP contribution in [0, 0.1) is 11.8 Å². The van der Waals surface area contributed by atoms with Crippen molar-refractivity contribution in [3.63, 3.8) is 0 Å². The van der Waals surface area contributed by atoms with Gasteiger partial charge >= 0.3 is 5.97 Å². The topological polar surface area (TPSA) is 66.4 Å². The highest BCUT2D eigenvalue weighted by Gasteiger charge is 2.85. The van der Waals surface area contributed by atoms with E-state index in [2.05, 4.69) is 5.32 Å². The average molecular weight is 498 g/mol. The maximum atomic E-state index is 12.9. The molecule has 2 aliphatic carbocycles. The molecule has 1 fully saturated rings. The van der Waals surface area contributed by atoms with Crippen LogP contribution in [0.3, 0.4) is 0 Å². The van der Waals surface area contributed by atoms with Gasteiger partial charge in [0.15, 0.2) is 4.33 Å². The molecule has 0 heterocycles. The van der Waals surface area contributed by atoms with Crippen LogP contribution in [0.15, 0.2) is 34.3 Å². The number of carboxylic acids is 1. The minimum atomic E-state index is -2.14. The second-order valence-corrected chi connectivity index (χ2v) is 9.63. The van der Waals surface area contributed by atoms with Gasteiger partial charge in [-0.3, -0.25) is 9.59 Å². The maximum absolute atomic E-state index is 12.9. The Labute approximate surface area is 183 Å². The molecule has 1 amide bonds. The molecule has 0 aliphatic heterocycles. The van der Waals surface area contributed by atoms with Crippen LogP contribution in [-0.4, -0.2) is 31.1 Å². The normalized spacial score (nSPS) is 34.9. The number of hydrogen-bond acceptors (Lipinski definition) is 2. The van der Waals surface area contributed by atoms with E-state index >= 15 is 0 Å². The Balaban J connectivity index is 2.10. The van der Waals surface area contributed by atoms with Gasteiger partial charge in [-0.2, -0.15) is 0 Å². The minimum absolute atomic E-state index is 0.255. The van der Waals surface area contributed by atoms with Crippen LogP contribution >= 0.6 is 81.2 Å². The third-order valence-corrected chi connectivity index (χ3v) is 9.11. The lowest BCUT2D eigenvalue weighted by molar-refractivity contribution is -0.146. The summed E-state index contributed by atoms with van der Waals surface area (Å²) in [6.45, 7) is 0. The largest absolute Gasteiger partial charge is 0.481 e. The second-order valence-electron chi connectivity index (χ2n) is 5.92. The Morgan fingerprint density at radius 2 is 1.35 bits per heavy atom. The monoisotopic (exact) mass is 495 g/mol. The van der Waals surface area contributed by atoms with Gasteiger partial charge in [0.1, 0.15) is 9.75 Å². The van der Waals surface area contributed by atoms with Gasteiger partial charge in [0, 0.05) is 10.7 Å². The first-order valence-corrected chi connectivity index (χ1v) is 9.66. The molecule has 2 bridgehead atoms. The van der Waals surface area contributed by atoms with Crippen molar-refractivity contribution in [2.45, 2.75) is 14.1 Å². The number of halogens is 7. The van der Waals surface area contributed by atoms with Gasteiger partial charge in [0.05, 0.1) is 21.9 Å². The quantitative estimate of drug-likeness (QED) is 0.546. The molecular weight excluding hydrogens is 490 g/mol. The van der Waals surface area contributed by atoms with Crippen molar-refractivity contribution in [3.8, 4) is 0 Å². The van der Waals surface area contributed by atoms with E-state index in [1.165, 1.54) is 12.1 Å². The van der Waals surface area contributed by atoms with E-state index in [9.17, 15) is 14.7 Å². The van der Waals surface area contributed by atoms with Crippen LogP contribution in [0.1, 0.15) is 0 Å². The Morgan fingerprint density at radius 3 is 1.81 bits per heavy atom. The predicted molar refractivity (Wildman–Crippen MR) is 105 cm³/mol. The van der Waals surface area contributed by atoms with Crippen molar-refractivity contribution in [2.75, 3.05) is 5.32 Å². The number of nitrogens with one attached hydrogen (secondary N) is 1. The molecule has 1 aromatic rings. The lowest BCUT2D eigenvalue weighted by Gasteiger charge is -2.33. The molecule has 2 N–H and O–H groups in total. The summed E-state index contributed by atoms with van der Waals surface area (Å²) in [4.78, 5) is 20.7. The average Bonchev–Trinajstić information content (AvgIpc) is 2.77. The zero-order valence-electron chi connectivity index (χ0n) is 12.4. The number of hydrogen-bond donors (Lipinski definition) is 2. The number of carbonyl (C=O) groups excluding carboxylic acids is 1. The smallest absolute Gasteiger partial charge is 0.309 e. The molecule has 11 heteroatoms. The van der Waals surface area contributed by atoms with Gasteiger partial charge in [0.25, 0.3) is 0 Å². The number of amides is 1. The van der Waals surface area contributed by atoms with E-state index in [0.29, 0.717) is 10.7 Å². The van der Waals surface area contributed by atoms with Gasteiger partial charge in [0.2, 0.25) is 5.91 Å². The van der Waals surface area contributed by atoms with Gasteiger partial charge in [-0.05, 0) is 24.3 Å². The summed E-state index contributed by atoms with van der Waals surface area (Å²) in [6.07, 6.45) is 0. The summed E-state index contributed by atoms with van der Waals surface area (Å²) in [5.74, 6) is -5.31. The van der Waals surface area contributed by atoms with Crippen LogP contribution in [0.4, 0.5) is 5.69 Å². The summed E-state index contributed by atoms with van der Waals surface area (Å²) < 4.78 is -2.14. The van der Waals surface area contributed by atoms with Crippen molar-refractivity contribution in [1.82, 2.24) is 0 Å². The van der Waals surface area contributed by atoms with Crippen molar-refractivity contribution >= 4 is 98.8 Å². The van der Waals surface area contributed by atoms with Crippen molar-refractivity contribution in [3.05, 3.63) is 39.4 Å².